The molecule has 0 amide bonds. The van der Waals surface area contributed by atoms with Gasteiger partial charge in [0.2, 0.25) is 5.88 Å². The molecule has 2 aliphatic rings. The lowest BCUT2D eigenvalue weighted by atomic mass is 9.95. The van der Waals surface area contributed by atoms with Gasteiger partial charge in [-0.1, -0.05) is 18.2 Å². The first-order chi connectivity index (χ1) is 11.7. The van der Waals surface area contributed by atoms with E-state index in [4.69, 9.17) is 10.00 Å². The van der Waals surface area contributed by atoms with Crippen molar-refractivity contribution in [3.63, 3.8) is 0 Å². The molecule has 2 atom stereocenters. The maximum absolute atomic E-state index is 13.9. The van der Waals surface area contributed by atoms with E-state index in [1.807, 2.05) is 30.3 Å². The van der Waals surface area contributed by atoms with E-state index in [0.717, 1.165) is 35.9 Å². The summed E-state index contributed by atoms with van der Waals surface area (Å²) in [5, 5.41) is 10.1. The molecule has 1 aromatic heterocycles. The zero-order valence-electron chi connectivity index (χ0n) is 13.5. The van der Waals surface area contributed by atoms with E-state index >= 15 is 0 Å². The molecule has 0 saturated carbocycles. The maximum Gasteiger partial charge on any atom is 0.218 e. The number of hydrogen-bond donors (Lipinski definition) is 0. The van der Waals surface area contributed by atoms with Crippen LogP contribution in [-0.2, 0) is 6.42 Å². The first-order valence-electron chi connectivity index (χ1n) is 8.48. The Morgan fingerprint density at radius 2 is 2.29 bits per heavy atom. The molecule has 2 aliphatic heterocycles. The summed E-state index contributed by atoms with van der Waals surface area (Å²) in [7, 11) is 0. The van der Waals surface area contributed by atoms with Crippen LogP contribution in [0.15, 0.2) is 30.3 Å². The summed E-state index contributed by atoms with van der Waals surface area (Å²) in [4.78, 5) is 6.82. The standard InChI is InChI=1S/C19H20FN3O/c20-16-11-19(7-3-9-23(19)12-16)13-24-18-15(6-8-21)10-14-4-1-2-5-17(14)22-18/h1-2,4-5,10,16H,3,6-7,9,11-13H2/t16-,19+/m1/s1. The number of aromatic nitrogens is 1. The summed E-state index contributed by atoms with van der Waals surface area (Å²) in [6.07, 6.45) is 2.09. The summed E-state index contributed by atoms with van der Waals surface area (Å²) in [5.41, 5.74) is 1.45. The van der Waals surface area contributed by atoms with Crippen LogP contribution in [0.25, 0.3) is 10.9 Å². The first-order valence-corrected chi connectivity index (χ1v) is 8.48. The highest BCUT2D eigenvalue weighted by atomic mass is 19.1. The van der Waals surface area contributed by atoms with Gasteiger partial charge in [-0.3, -0.25) is 4.90 Å². The Labute approximate surface area is 140 Å². The average molecular weight is 325 g/mol. The third-order valence-electron chi connectivity index (χ3n) is 5.27. The topological polar surface area (TPSA) is 49.1 Å². The normalized spacial score (nSPS) is 26.4. The number of ether oxygens (including phenoxy) is 1. The van der Waals surface area contributed by atoms with E-state index in [1.165, 1.54) is 0 Å². The fourth-order valence-corrected chi connectivity index (χ4v) is 4.13. The lowest BCUT2D eigenvalue weighted by Crippen LogP contribution is -2.43. The van der Waals surface area contributed by atoms with Gasteiger partial charge in [0.05, 0.1) is 23.5 Å². The summed E-state index contributed by atoms with van der Waals surface area (Å²) in [6, 6.07) is 12.0. The van der Waals surface area contributed by atoms with Crippen molar-refractivity contribution in [3.8, 4) is 11.9 Å². The van der Waals surface area contributed by atoms with Crippen LogP contribution in [0, 0.1) is 11.3 Å². The monoisotopic (exact) mass is 325 g/mol. The smallest absolute Gasteiger partial charge is 0.218 e. The molecule has 0 N–H and O–H groups in total. The molecule has 2 saturated heterocycles. The van der Waals surface area contributed by atoms with Gasteiger partial charge in [0.25, 0.3) is 0 Å². The van der Waals surface area contributed by atoms with Crippen LogP contribution < -0.4 is 4.74 Å². The van der Waals surface area contributed by atoms with Crippen LogP contribution >= 0.6 is 0 Å². The molecular weight excluding hydrogens is 305 g/mol. The molecular formula is C19H20FN3O. The van der Waals surface area contributed by atoms with Crippen molar-refractivity contribution in [1.82, 2.24) is 9.88 Å². The quantitative estimate of drug-likeness (QED) is 0.866. The Hall–Kier alpha value is -2.19. The van der Waals surface area contributed by atoms with Crippen molar-refractivity contribution in [2.75, 3.05) is 19.7 Å². The molecule has 0 bridgehead atoms. The van der Waals surface area contributed by atoms with Gasteiger partial charge in [0.15, 0.2) is 0 Å². The van der Waals surface area contributed by atoms with Crippen molar-refractivity contribution in [2.45, 2.75) is 37.4 Å². The molecule has 4 nitrogen and oxygen atoms in total. The summed E-state index contributed by atoms with van der Waals surface area (Å²) < 4.78 is 19.9. The molecule has 4 rings (SSSR count). The third-order valence-corrected chi connectivity index (χ3v) is 5.27. The maximum atomic E-state index is 13.9. The Morgan fingerprint density at radius 1 is 1.42 bits per heavy atom. The lowest BCUT2D eigenvalue weighted by Gasteiger charge is -2.31. The number of benzene rings is 1. The Morgan fingerprint density at radius 3 is 3.17 bits per heavy atom. The number of nitriles is 1. The number of rotatable bonds is 4. The molecule has 2 fully saturated rings. The number of pyridine rings is 1. The zero-order chi connectivity index (χ0) is 16.6. The van der Waals surface area contributed by atoms with Gasteiger partial charge in [-0.2, -0.15) is 5.26 Å². The molecule has 5 heteroatoms. The van der Waals surface area contributed by atoms with E-state index in [0.29, 0.717) is 25.5 Å². The summed E-state index contributed by atoms with van der Waals surface area (Å²) in [5.74, 6) is 0.513. The van der Waals surface area contributed by atoms with Crippen LogP contribution in [0.4, 0.5) is 4.39 Å². The molecule has 0 unspecified atom stereocenters. The molecule has 0 spiro atoms. The van der Waals surface area contributed by atoms with Gasteiger partial charge < -0.3 is 4.74 Å². The zero-order valence-corrected chi connectivity index (χ0v) is 13.5. The van der Waals surface area contributed by atoms with E-state index in [-0.39, 0.29) is 12.0 Å². The number of halogens is 1. The molecule has 2 aromatic rings. The van der Waals surface area contributed by atoms with Crippen LogP contribution in [-0.4, -0.2) is 41.3 Å². The van der Waals surface area contributed by atoms with Crippen LogP contribution in [0.2, 0.25) is 0 Å². The number of fused-ring (bicyclic) bond motifs is 2. The fourth-order valence-electron chi connectivity index (χ4n) is 4.13. The SMILES string of the molecule is N#CCc1cc2ccccc2nc1OC[C@@]12CCCN1C[C@H](F)C2. The van der Waals surface area contributed by atoms with Crippen molar-refractivity contribution < 1.29 is 9.13 Å². The van der Waals surface area contributed by atoms with Crippen LogP contribution in [0.5, 0.6) is 5.88 Å². The third kappa shape index (κ3) is 2.61. The number of para-hydroxylation sites is 1. The molecule has 24 heavy (non-hydrogen) atoms. The Balaban J connectivity index is 1.62. The van der Waals surface area contributed by atoms with E-state index in [9.17, 15) is 4.39 Å². The highest BCUT2D eigenvalue weighted by Crippen LogP contribution is 2.40. The van der Waals surface area contributed by atoms with E-state index in [2.05, 4.69) is 16.0 Å². The summed E-state index contributed by atoms with van der Waals surface area (Å²) >= 11 is 0. The van der Waals surface area contributed by atoms with Gasteiger partial charge in [-0.05, 0) is 31.5 Å². The largest absolute Gasteiger partial charge is 0.475 e. The average Bonchev–Trinajstić information content (AvgIpc) is 3.09. The van der Waals surface area contributed by atoms with Crippen LogP contribution in [0.1, 0.15) is 24.8 Å². The molecule has 0 aliphatic carbocycles. The minimum atomic E-state index is -0.767. The highest BCUT2D eigenvalue weighted by molar-refractivity contribution is 5.80. The second-order valence-electron chi connectivity index (χ2n) is 6.84. The van der Waals surface area contributed by atoms with Crippen molar-refractivity contribution >= 4 is 10.9 Å². The highest BCUT2D eigenvalue weighted by Gasteiger charge is 2.49. The Kier molecular flexibility index (Phi) is 3.85. The van der Waals surface area contributed by atoms with E-state index < -0.39 is 6.17 Å². The van der Waals surface area contributed by atoms with Crippen molar-refractivity contribution in [2.24, 2.45) is 0 Å². The van der Waals surface area contributed by atoms with Gasteiger partial charge in [-0.25, -0.2) is 9.37 Å². The number of hydrogen-bond acceptors (Lipinski definition) is 4. The predicted octanol–water partition coefficient (Wildman–Crippen LogP) is 3.26. The van der Waals surface area contributed by atoms with Gasteiger partial charge in [-0.15, -0.1) is 0 Å². The van der Waals surface area contributed by atoms with Crippen LogP contribution in [0.3, 0.4) is 0 Å². The fraction of sp³-hybridized carbons (Fsp3) is 0.474. The predicted molar refractivity (Wildman–Crippen MR) is 89.6 cm³/mol. The first kappa shape index (κ1) is 15.3. The van der Waals surface area contributed by atoms with Gasteiger partial charge in [0.1, 0.15) is 12.8 Å². The van der Waals surface area contributed by atoms with Crippen molar-refractivity contribution in [3.05, 3.63) is 35.9 Å². The molecule has 3 heterocycles. The second-order valence-corrected chi connectivity index (χ2v) is 6.84. The molecule has 124 valence electrons. The number of nitrogens with zero attached hydrogens (tertiary/aromatic N) is 3. The van der Waals surface area contributed by atoms with Crippen molar-refractivity contribution in [1.29, 1.82) is 5.26 Å². The van der Waals surface area contributed by atoms with E-state index in [1.54, 1.807) is 0 Å². The number of alkyl halides is 1. The molecule has 0 radical (unpaired) electrons. The lowest BCUT2D eigenvalue weighted by molar-refractivity contribution is 0.110. The minimum Gasteiger partial charge on any atom is -0.475 e. The Bertz CT molecular complexity index is 803. The minimum absolute atomic E-state index is 0.198. The van der Waals surface area contributed by atoms with Gasteiger partial charge >= 0.3 is 0 Å². The molecule has 1 aromatic carbocycles. The second kappa shape index (κ2) is 6.03. The van der Waals surface area contributed by atoms with Gasteiger partial charge in [0, 0.05) is 23.9 Å². The summed E-state index contributed by atoms with van der Waals surface area (Å²) in [6.45, 7) is 1.90.